The molecule has 0 aromatic heterocycles. The summed E-state index contributed by atoms with van der Waals surface area (Å²) >= 11 is 0. The molecule has 0 saturated heterocycles. The van der Waals surface area contributed by atoms with Gasteiger partial charge in [0, 0.05) is 25.0 Å². The lowest BCUT2D eigenvalue weighted by molar-refractivity contribution is 0.0341. The summed E-state index contributed by atoms with van der Waals surface area (Å²) in [6.07, 6.45) is 1.69. The van der Waals surface area contributed by atoms with Gasteiger partial charge in [-0.2, -0.15) is 0 Å². The minimum absolute atomic E-state index is 0.423. The molecule has 0 spiro atoms. The summed E-state index contributed by atoms with van der Waals surface area (Å²) < 4.78 is 93.9. The van der Waals surface area contributed by atoms with Crippen LogP contribution in [0.4, 0.5) is 0 Å². The highest BCUT2D eigenvalue weighted by Crippen LogP contribution is 2.35. The van der Waals surface area contributed by atoms with Gasteiger partial charge in [0.2, 0.25) is 0 Å². The molecule has 0 aliphatic carbocycles. The lowest BCUT2D eigenvalue weighted by Crippen LogP contribution is -2.64. The molecule has 0 aliphatic heterocycles. The summed E-state index contributed by atoms with van der Waals surface area (Å²) in [5, 5.41) is 0. The third-order valence-corrected chi connectivity index (χ3v) is 12.2. The van der Waals surface area contributed by atoms with Crippen molar-refractivity contribution in [3.05, 3.63) is 0 Å². The van der Waals surface area contributed by atoms with Crippen molar-refractivity contribution in [2.75, 3.05) is 38.1 Å². The molecule has 15 heteroatoms. The zero-order valence-corrected chi connectivity index (χ0v) is 16.1. The molecule has 23 heavy (non-hydrogen) atoms. The standard InChI is InChI=1S/C8H20N2O9S4/c1-20(11,12)7(5-9,21(2,13)14)19-8(6-10,22(3,15)16)23(4,17)18/h5-6,9-10H2,1-4H3. The van der Waals surface area contributed by atoms with Gasteiger partial charge in [0.15, 0.2) is 39.3 Å². The van der Waals surface area contributed by atoms with E-state index in [4.69, 9.17) is 16.2 Å². The van der Waals surface area contributed by atoms with Gasteiger partial charge in [-0.25, -0.2) is 33.7 Å². The van der Waals surface area contributed by atoms with E-state index in [9.17, 15) is 33.7 Å². The summed E-state index contributed by atoms with van der Waals surface area (Å²) in [6.45, 7) is -2.48. The van der Waals surface area contributed by atoms with Crippen LogP contribution < -0.4 is 11.5 Å². The summed E-state index contributed by atoms with van der Waals surface area (Å²) in [5.74, 6) is 0. The van der Waals surface area contributed by atoms with Crippen LogP contribution in [0.15, 0.2) is 0 Å². The third-order valence-electron chi connectivity index (χ3n) is 3.07. The van der Waals surface area contributed by atoms with E-state index in [0.29, 0.717) is 25.0 Å². The molecule has 4 N–H and O–H groups in total. The number of sulfone groups is 4. The average Bonchev–Trinajstić information content (AvgIpc) is 2.23. The van der Waals surface area contributed by atoms with Gasteiger partial charge in [-0.3, -0.25) is 0 Å². The van der Waals surface area contributed by atoms with Crippen molar-refractivity contribution >= 4 is 39.3 Å². The van der Waals surface area contributed by atoms with Crippen LogP contribution >= 0.6 is 0 Å². The molecule has 0 rings (SSSR count). The molecular weight excluding hydrogens is 396 g/mol. The summed E-state index contributed by atoms with van der Waals surface area (Å²) in [5.41, 5.74) is 10.4. The molecule has 0 aromatic carbocycles. The maximum atomic E-state index is 12.0. The first-order valence-corrected chi connectivity index (χ1v) is 13.3. The quantitative estimate of drug-likeness (QED) is 0.396. The maximum absolute atomic E-state index is 12.0. The van der Waals surface area contributed by atoms with Gasteiger partial charge in [0.1, 0.15) is 0 Å². The second-order valence-electron chi connectivity index (χ2n) is 4.96. The highest BCUT2D eigenvalue weighted by atomic mass is 32.3. The first kappa shape index (κ1) is 22.7. The van der Waals surface area contributed by atoms with Gasteiger partial charge in [-0.1, -0.05) is 0 Å². The van der Waals surface area contributed by atoms with Crippen molar-refractivity contribution in [3.8, 4) is 0 Å². The van der Waals surface area contributed by atoms with Crippen molar-refractivity contribution in [1.29, 1.82) is 0 Å². The summed E-state index contributed by atoms with van der Waals surface area (Å²) in [4.78, 5) is 0. The van der Waals surface area contributed by atoms with Gasteiger partial charge >= 0.3 is 0 Å². The molecule has 140 valence electrons. The van der Waals surface area contributed by atoms with Gasteiger partial charge in [-0.05, 0) is 0 Å². The van der Waals surface area contributed by atoms with Gasteiger partial charge in [-0.15, -0.1) is 0 Å². The number of rotatable bonds is 8. The van der Waals surface area contributed by atoms with Crippen molar-refractivity contribution in [2.45, 2.75) is 8.53 Å². The Kier molecular flexibility index (Phi) is 6.11. The first-order valence-electron chi connectivity index (χ1n) is 5.71. The third kappa shape index (κ3) is 3.69. The SMILES string of the molecule is CS(=O)(=O)C(CN)(OC(CN)(S(C)(=O)=O)S(C)(=O)=O)S(C)(=O)=O. The fourth-order valence-corrected chi connectivity index (χ4v) is 8.77. The van der Waals surface area contributed by atoms with Crippen LogP contribution in [0.2, 0.25) is 0 Å². The Balaban J connectivity index is 7.09. The van der Waals surface area contributed by atoms with Crippen molar-refractivity contribution in [1.82, 2.24) is 0 Å². The average molecular weight is 417 g/mol. The van der Waals surface area contributed by atoms with Gasteiger partial charge in [0.05, 0.1) is 13.1 Å². The van der Waals surface area contributed by atoms with Crippen LogP contribution in [0.5, 0.6) is 0 Å². The number of ether oxygens (including phenoxy) is 1. The van der Waals surface area contributed by atoms with Crippen LogP contribution in [0.1, 0.15) is 0 Å². The Bertz CT molecular complexity index is 730. The number of nitrogens with two attached hydrogens (primary N) is 2. The molecule has 0 unspecified atom stereocenters. The molecule has 0 bridgehead atoms. The Labute approximate surface area is 136 Å². The number of hydrogen-bond donors (Lipinski definition) is 2. The smallest absolute Gasteiger partial charge is 0.284 e. The predicted octanol–water partition coefficient (Wildman–Crippen LogP) is -3.59. The van der Waals surface area contributed by atoms with Crippen LogP contribution in [0.3, 0.4) is 0 Å². The lowest BCUT2D eigenvalue weighted by Gasteiger charge is -2.38. The Morgan fingerprint density at radius 3 is 0.870 bits per heavy atom. The normalized spacial score (nSPS) is 15.6. The van der Waals surface area contributed by atoms with Crippen molar-refractivity contribution in [2.24, 2.45) is 11.5 Å². The zero-order chi connectivity index (χ0) is 19.1. The van der Waals surface area contributed by atoms with Crippen LogP contribution in [-0.2, 0) is 44.1 Å². The molecule has 0 radical (unpaired) electrons. The fourth-order valence-electron chi connectivity index (χ4n) is 1.78. The van der Waals surface area contributed by atoms with Crippen LogP contribution in [0, 0.1) is 0 Å². The maximum Gasteiger partial charge on any atom is 0.284 e. The fraction of sp³-hybridized carbons (Fsp3) is 1.00. The van der Waals surface area contributed by atoms with E-state index in [1.165, 1.54) is 0 Å². The minimum Gasteiger partial charge on any atom is -0.326 e. The van der Waals surface area contributed by atoms with Crippen molar-refractivity contribution < 1.29 is 38.4 Å². The van der Waals surface area contributed by atoms with E-state index in [-0.39, 0.29) is 0 Å². The molecule has 11 nitrogen and oxygen atoms in total. The largest absolute Gasteiger partial charge is 0.326 e. The van der Waals surface area contributed by atoms with E-state index in [0.717, 1.165) is 0 Å². The Hall–Kier alpha value is -0.320. The number of hydrogen-bond acceptors (Lipinski definition) is 11. The first-order chi connectivity index (χ1) is 9.83. The Morgan fingerprint density at radius 1 is 0.609 bits per heavy atom. The lowest BCUT2D eigenvalue weighted by atomic mass is 10.6. The van der Waals surface area contributed by atoms with Crippen molar-refractivity contribution in [3.63, 3.8) is 0 Å². The van der Waals surface area contributed by atoms with Gasteiger partial charge < -0.3 is 16.2 Å². The molecule has 0 amide bonds. The molecule has 0 heterocycles. The van der Waals surface area contributed by atoms with Gasteiger partial charge in [0.25, 0.3) is 8.53 Å². The highest BCUT2D eigenvalue weighted by molar-refractivity contribution is 8.11. The van der Waals surface area contributed by atoms with E-state index < -0.39 is 61.0 Å². The van der Waals surface area contributed by atoms with E-state index in [1.807, 2.05) is 0 Å². The summed E-state index contributed by atoms with van der Waals surface area (Å²) in [7, 11) is -18.9. The van der Waals surface area contributed by atoms with E-state index >= 15 is 0 Å². The van der Waals surface area contributed by atoms with Crippen LogP contribution in [-0.4, -0.2) is 80.3 Å². The second-order valence-corrected chi connectivity index (χ2v) is 14.3. The zero-order valence-electron chi connectivity index (χ0n) is 12.9. The van der Waals surface area contributed by atoms with E-state index in [2.05, 4.69) is 0 Å². The molecule has 0 saturated carbocycles. The monoisotopic (exact) mass is 416 g/mol. The molecule has 0 aliphatic rings. The molecular formula is C8H20N2O9S4. The molecule has 0 atom stereocenters. The van der Waals surface area contributed by atoms with Crippen LogP contribution in [0.25, 0.3) is 0 Å². The minimum atomic E-state index is -4.72. The predicted molar refractivity (Wildman–Crippen MR) is 84.0 cm³/mol. The Morgan fingerprint density at radius 2 is 0.783 bits per heavy atom. The highest BCUT2D eigenvalue weighted by Gasteiger charge is 2.62. The second kappa shape index (κ2) is 6.20. The molecule has 0 fully saturated rings. The van der Waals surface area contributed by atoms with E-state index in [1.54, 1.807) is 0 Å². The molecule has 0 aromatic rings. The topological polar surface area (TPSA) is 198 Å². The summed E-state index contributed by atoms with van der Waals surface area (Å²) in [6, 6.07) is 0.